The first kappa shape index (κ1) is 15.3. The van der Waals surface area contributed by atoms with Crippen LogP contribution < -0.4 is 0 Å². The third kappa shape index (κ3) is 4.16. The minimum Gasteiger partial charge on any atom is -0.481 e. The summed E-state index contributed by atoms with van der Waals surface area (Å²) in [7, 11) is 0. The molecule has 0 aliphatic rings. The second-order valence-electron chi connectivity index (χ2n) is 5.20. The zero-order valence-corrected chi connectivity index (χ0v) is 12.4. The van der Waals surface area contributed by atoms with Crippen LogP contribution in [0.3, 0.4) is 0 Å². The van der Waals surface area contributed by atoms with Crippen molar-refractivity contribution >= 4 is 5.97 Å². The molecule has 112 valence electrons. The molecule has 1 unspecified atom stereocenters. The smallest absolute Gasteiger partial charge is 0.307 e. The van der Waals surface area contributed by atoms with Gasteiger partial charge in [0.25, 0.3) is 0 Å². The van der Waals surface area contributed by atoms with Gasteiger partial charge in [0.15, 0.2) is 0 Å². The summed E-state index contributed by atoms with van der Waals surface area (Å²) in [5.41, 5.74) is 2.10. The molecular formula is C16H21N3O2. The number of aromatic nitrogens is 2. The number of benzene rings is 1. The van der Waals surface area contributed by atoms with Crippen LogP contribution in [0.15, 0.2) is 42.7 Å². The zero-order valence-electron chi connectivity index (χ0n) is 12.4. The molecule has 0 aliphatic heterocycles. The quantitative estimate of drug-likeness (QED) is 0.849. The molecule has 1 heterocycles. The normalized spacial score (nSPS) is 12.5. The second kappa shape index (κ2) is 7.04. The lowest BCUT2D eigenvalue weighted by Gasteiger charge is -2.21. The molecule has 1 aromatic heterocycles. The van der Waals surface area contributed by atoms with Gasteiger partial charge in [0.05, 0.1) is 17.8 Å². The van der Waals surface area contributed by atoms with Gasteiger partial charge in [-0.25, -0.2) is 4.68 Å². The van der Waals surface area contributed by atoms with E-state index in [2.05, 4.69) is 10.00 Å². The van der Waals surface area contributed by atoms with Crippen LogP contribution in [0.25, 0.3) is 5.69 Å². The predicted octanol–water partition coefficient (Wildman–Crippen LogP) is 2.41. The van der Waals surface area contributed by atoms with Gasteiger partial charge in [0.1, 0.15) is 0 Å². The zero-order chi connectivity index (χ0) is 15.2. The maximum atomic E-state index is 10.9. The molecule has 1 N–H and O–H groups in total. The molecule has 1 atom stereocenters. The molecule has 0 aliphatic carbocycles. The summed E-state index contributed by atoms with van der Waals surface area (Å²) < 4.78 is 1.84. The average molecular weight is 287 g/mol. The third-order valence-corrected chi connectivity index (χ3v) is 3.46. The van der Waals surface area contributed by atoms with E-state index in [4.69, 9.17) is 5.11 Å². The summed E-state index contributed by atoms with van der Waals surface area (Å²) in [6.45, 7) is 5.84. The lowest BCUT2D eigenvalue weighted by molar-refractivity contribution is -0.141. The molecule has 1 aromatic carbocycles. The first-order valence-electron chi connectivity index (χ1n) is 7.14. The van der Waals surface area contributed by atoms with Gasteiger partial charge < -0.3 is 5.11 Å². The van der Waals surface area contributed by atoms with Crippen molar-refractivity contribution in [2.45, 2.75) is 20.4 Å². The van der Waals surface area contributed by atoms with Crippen molar-refractivity contribution in [2.24, 2.45) is 5.92 Å². The minimum absolute atomic E-state index is 0.367. The van der Waals surface area contributed by atoms with Gasteiger partial charge in [-0.15, -0.1) is 0 Å². The Morgan fingerprint density at radius 3 is 2.71 bits per heavy atom. The summed E-state index contributed by atoms with van der Waals surface area (Å²) in [4.78, 5) is 13.1. The molecule has 5 nitrogen and oxygen atoms in total. The Bertz CT molecular complexity index is 580. The summed E-state index contributed by atoms with van der Waals surface area (Å²) in [6.07, 6.45) is 3.82. The molecule has 2 rings (SSSR count). The molecule has 21 heavy (non-hydrogen) atoms. The molecule has 2 aromatic rings. The lowest BCUT2D eigenvalue weighted by atomic mass is 10.1. The van der Waals surface area contributed by atoms with Crippen LogP contribution in [0.5, 0.6) is 0 Å². The van der Waals surface area contributed by atoms with Crippen LogP contribution in [-0.4, -0.2) is 38.8 Å². The molecule has 0 amide bonds. The third-order valence-electron chi connectivity index (χ3n) is 3.46. The highest BCUT2D eigenvalue weighted by Gasteiger charge is 2.15. The van der Waals surface area contributed by atoms with Crippen molar-refractivity contribution in [2.75, 3.05) is 13.1 Å². The number of hydrogen-bond acceptors (Lipinski definition) is 3. The highest BCUT2D eigenvalue weighted by Crippen LogP contribution is 2.11. The van der Waals surface area contributed by atoms with Crippen LogP contribution in [-0.2, 0) is 11.3 Å². The topological polar surface area (TPSA) is 58.4 Å². The molecule has 0 saturated heterocycles. The van der Waals surface area contributed by atoms with Gasteiger partial charge >= 0.3 is 5.97 Å². The predicted molar refractivity (Wildman–Crippen MR) is 81.3 cm³/mol. The monoisotopic (exact) mass is 287 g/mol. The lowest BCUT2D eigenvalue weighted by Crippen LogP contribution is -2.31. The van der Waals surface area contributed by atoms with Crippen LogP contribution in [0, 0.1) is 5.92 Å². The fourth-order valence-corrected chi connectivity index (χ4v) is 2.19. The number of rotatable bonds is 7. The minimum atomic E-state index is -0.756. The molecule has 0 bridgehead atoms. The summed E-state index contributed by atoms with van der Waals surface area (Å²) >= 11 is 0. The van der Waals surface area contributed by atoms with Crippen molar-refractivity contribution in [3.8, 4) is 5.69 Å². The number of carboxylic acid groups (broad SMARTS) is 1. The van der Waals surface area contributed by atoms with E-state index in [0.29, 0.717) is 13.1 Å². The number of aliphatic carboxylic acids is 1. The van der Waals surface area contributed by atoms with Gasteiger partial charge in [-0.1, -0.05) is 32.0 Å². The van der Waals surface area contributed by atoms with E-state index in [0.717, 1.165) is 17.8 Å². The van der Waals surface area contributed by atoms with E-state index in [9.17, 15) is 4.79 Å². The molecule has 0 radical (unpaired) electrons. The first-order chi connectivity index (χ1) is 10.1. The Balaban J connectivity index is 2.02. The van der Waals surface area contributed by atoms with Crippen LogP contribution in [0.2, 0.25) is 0 Å². The largest absolute Gasteiger partial charge is 0.481 e. The number of nitrogens with zero attached hydrogens (tertiary/aromatic N) is 3. The average Bonchev–Trinajstić information content (AvgIpc) is 2.95. The van der Waals surface area contributed by atoms with Gasteiger partial charge in [0, 0.05) is 24.8 Å². The molecule has 0 saturated carbocycles. The van der Waals surface area contributed by atoms with E-state index in [-0.39, 0.29) is 5.92 Å². The Labute approximate surface area is 124 Å². The standard InChI is InChI=1S/C16H21N3O2/c1-3-18(10-13(2)16(20)21)11-14-9-17-19(12-14)15-7-5-4-6-8-15/h4-9,12-13H,3,10-11H2,1-2H3,(H,20,21). The Morgan fingerprint density at radius 1 is 1.38 bits per heavy atom. The number of carboxylic acids is 1. The highest BCUT2D eigenvalue weighted by atomic mass is 16.4. The fraction of sp³-hybridized carbons (Fsp3) is 0.375. The summed E-state index contributed by atoms with van der Waals surface area (Å²) in [5.74, 6) is -1.12. The SMILES string of the molecule is CCN(Cc1cnn(-c2ccccc2)c1)CC(C)C(=O)O. The number of para-hydroxylation sites is 1. The van der Waals surface area contributed by atoms with Crippen LogP contribution in [0.4, 0.5) is 0 Å². The number of hydrogen-bond donors (Lipinski definition) is 1. The van der Waals surface area contributed by atoms with Crippen molar-refractivity contribution in [3.05, 3.63) is 48.3 Å². The summed E-state index contributed by atoms with van der Waals surface area (Å²) in [5, 5.41) is 13.4. The van der Waals surface area contributed by atoms with E-state index < -0.39 is 5.97 Å². The Hall–Kier alpha value is -2.14. The van der Waals surface area contributed by atoms with Crippen molar-refractivity contribution in [1.82, 2.24) is 14.7 Å². The van der Waals surface area contributed by atoms with Gasteiger partial charge in [-0.05, 0) is 18.7 Å². The van der Waals surface area contributed by atoms with Crippen LogP contribution >= 0.6 is 0 Å². The summed E-state index contributed by atoms with van der Waals surface area (Å²) in [6, 6.07) is 9.93. The first-order valence-corrected chi connectivity index (χ1v) is 7.14. The Kier molecular flexibility index (Phi) is 5.11. The van der Waals surface area contributed by atoms with Gasteiger partial charge in [-0.3, -0.25) is 9.69 Å². The van der Waals surface area contributed by atoms with E-state index in [1.165, 1.54) is 0 Å². The Morgan fingerprint density at radius 2 is 2.10 bits per heavy atom. The molecule has 0 fully saturated rings. The van der Waals surface area contributed by atoms with E-state index in [1.54, 1.807) is 6.92 Å². The van der Waals surface area contributed by atoms with Crippen LogP contribution in [0.1, 0.15) is 19.4 Å². The van der Waals surface area contributed by atoms with E-state index >= 15 is 0 Å². The molecule has 0 spiro atoms. The van der Waals surface area contributed by atoms with Crippen molar-refractivity contribution < 1.29 is 9.90 Å². The van der Waals surface area contributed by atoms with Gasteiger partial charge in [0.2, 0.25) is 0 Å². The van der Waals surface area contributed by atoms with Gasteiger partial charge in [-0.2, -0.15) is 5.10 Å². The van der Waals surface area contributed by atoms with Crippen molar-refractivity contribution in [1.29, 1.82) is 0 Å². The van der Waals surface area contributed by atoms with E-state index in [1.807, 2.05) is 54.3 Å². The maximum Gasteiger partial charge on any atom is 0.307 e. The molecular weight excluding hydrogens is 266 g/mol. The molecule has 5 heteroatoms. The maximum absolute atomic E-state index is 10.9. The highest BCUT2D eigenvalue weighted by molar-refractivity contribution is 5.69. The van der Waals surface area contributed by atoms with Crippen molar-refractivity contribution in [3.63, 3.8) is 0 Å². The number of carbonyl (C=O) groups is 1. The second-order valence-corrected chi connectivity index (χ2v) is 5.20. The fourth-order valence-electron chi connectivity index (χ4n) is 2.19.